The lowest BCUT2D eigenvalue weighted by molar-refractivity contribution is 0.634. The normalized spacial score (nSPS) is 11.3. The van der Waals surface area contributed by atoms with Gasteiger partial charge in [-0.1, -0.05) is 13.8 Å². The van der Waals surface area contributed by atoms with Gasteiger partial charge in [0.05, 0.1) is 0 Å². The third kappa shape index (κ3) is 1.73. The van der Waals surface area contributed by atoms with Gasteiger partial charge >= 0.3 is 0 Å². The van der Waals surface area contributed by atoms with Crippen molar-refractivity contribution in [1.82, 2.24) is 4.98 Å². The van der Waals surface area contributed by atoms with E-state index in [-0.39, 0.29) is 11.7 Å². The molecule has 3 heteroatoms. The van der Waals surface area contributed by atoms with Crippen LogP contribution in [0.1, 0.15) is 31.0 Å². The fraction of sp³-hybridized carbons (Fsp3) is 0.308. The Hall–Kier alpha value is -1.64. The lowest BCUT2D eigenvalue weighted by Crippen LogP contribution is -1.99. The van der Waals surface area contributed by atoms with Crippen LogP contribution >= 0.6 is 0 Å². The second-order valence-electron chi connectivity index (χ2n) is 4.43. The Morgan fingerprint density at radius 3 is 2.56 bits per heavy atom. The van der Waals surface area contributed by atoms with Crippen LogP contribution in [0.5, 0.6) is 0 Å². The van der Waals surface area contributed by atoms with Gasteiger partial charge in [-0.25, -0.2) is 9.37 Å². The van der Waals surface area contributed by atoms with E-state index in [0.29, 0.717) is 16.6 Å². The minimum atomic E-state index is -0.302. The van der Waals surface area contributed by atoms with Crippen molar-refractivity contribution in [3.63, 3.8) is 0 Å². The summed E-state index contributed by atoms with van der Waals surface area (Å²) in [5.74, 6) is -0.0587. The second-order valence-corrected chi connectivity index (χ2v) is 4.43. The lowest BCUT2D eigenvalue weighted by Gasteiger charge is -2.10. The van der Waals surface area contributed by atoms with Crippen LogP contribution in [-0.4, -0.2) is 4.98 Å². The number of hydrogen-bond donors (Lipinski definition) is 1. The average molecular weight is 218 g/mol. The van der Waals surface area contributed by atoms with Crippen LogP contribution in [0.25, 0.3) is 10.9 Å². The van der Waals surface area contributed by atoms with Gasteiger partial charge < -0.3 is 5.73 Å². The first kappa shape index (κ1) is 10.9. The highest BCUT2D eigenvalue weighted by Gasteiger charge is 2.10. The number of fused-ring (bicyclic) bond motifs is 1. The van der Waals surface area contributed by atoms with Crippen molar-refractivity contribution >= 4 is 16.6 Å². The fourth-order valence-corrected chi connectivity index (χ4v) is 1.76. The molecule has 0 aliphatic rings. The first-order valence-electron chi connectivity index (χ1n) is 5.35. The molecule has 0 fully saturated rings. The Bertz CT molecular complexity index is 547. The van der Waals surface area contributed by atoms with Crippen LogP contribution in [0.2, 0.25) is 0 Å². The highest BCUT2D eigenvalue weighted by atomic mass is 19.1. The molecule has 0 amide bonds. The minimum Gasteiger partial charge on any atom is -0.398 e. The molecule has 2 aromatic rings. The highest BCUT2D eigenvalue weighted by Crippen LogP contribution is 2.26. The SMILES string of the molecule is Cc1cc(F)c2nc(C(C)C)cc(N)c2c1. The first-order chi connectivity index (χ1) is 7.49. The molecule has 1 aromatic carbocycles. The molecule has 0 atom stereocenters. The van der Waals surface area contributed by atoms with Gasteiger partial charge in [-0.15, -0.1) is 0 Å². The molecule has 0 aliphatic carbocycles. The second kappa shape index (κ2) is 3.74. The molecule has 84 valence electrons. The van der Waals surface area contributed by atoms with Crippen molar-refractivity contribution in [2.24, 2.45) is 0 Å². The number of halogens is 1. The van der Waals surface area contributed by atoms with Gasteiger partial charge in [0.2, 0.25) is 0 Å². The number of aryl methyl sites for hydroxylation is 1. The maximum Gasteiger partial charge on any atom is 0.149 e. The summed E-state index contributed by atoms with van der Waals surface area (Å²) >= 11 is 0. The van der Waals surface area contributed by atoms with E-state index in [0.717, 1.165) is 11.3 Å². The van der Waals surface area contributed by atoms with Crippen molar-refractivity contribution in [3.8, 4) is 0 Å². The van der Waals surface area contributed by atoms with Crippen LogP contribution in [0.15, 0.2) is 18.2 Å². The van der Waals surface area contributed by atoms with Crippen molar-refractivity contribution in [3.05, 3.63) is 35.3 Å². The summed E-state index contributed by atoms with van der Waals surface area (Å²) in [5.41, 5.74) is 8.57. The fourth-order valence-electron chi connectivity index (χ4n) is 1.76. The number of rotatable bonds is 1. The molecule has 2 nitrogen and oxygen atoms in total. The maximum absolute atomic E-state index is 13.8. The van der Waals surface area contributed by atoms with Crippen LogP contribution in [0, 0.1) is 12.7 Å². The summed E-state index contributed by atoms with van der Waals surface area (Å²) in [7, 11) is 0. The molecular formula is C13H15FN2. The molecule has 16 heavy (non-hydrogen) atoms. The van der Waals surface area contributed by atoms with E-state index < -0.39 is 0 Å². The molecule has 1 aromatic heterocycles. The van der Waals surface area contributed by atoms with Gasteiger partial charge in [-0.3, -0.25) is 0 Å². The largest absolute Gasteiger partial charge is 0.398 e. The molecule has 1 heterocycles. The standard InChI is InChI=1S/C13H15FN2/c1-7(2)12-6-11(15)9-4-8(3)5-10(14)13(9)16-12/h4-7H,1-3H3,(H2,15,16). The van der Waals surface area contributed by atoms with E-state index in [1.54, 1.807) is 0 Å². The van der Waals surface area contributed by atoms with E-state index in [1.807, 2.05) is 32.9 Å². The van der Waals surface area contributed by atoms with Gasteiger partial charge in [0.1, 0.15) is 11.3 Å². The topological polar surface area (TPSA) is 38.9 Å². The summed E-state index contributed by atoms with van der Waals surface area (Å²) in [6, 6.07) is 5.18. The van der Waals surface area contributed by atoms with Gasteiger partial charge in [-0.05, 0) is 36.6 Å². The number of pyridine rings is 1. The van der Waals surface area contributed by atoms with E-state index in [4.69, 9.17) is 5.73 Å². The highest BCUT2D eigenvalue weighted by molar-refractivity contribution is 5.91. The van der Waals surface area contributed by atoms with Crippen LogP contribution in [0.3, 0.4) is 0 Å². The van der Waals surface area contributed by atoms with Gasteiger partial charge in [-0.2, -0.15) is 0 Å². The summed E-state index contributed by atoms with van der Waals surface area (Å²) in [4.78, 5) is 4.32. The number of nitrogen functional groups attached to an aromatic ring is 1. The summed E-state index contributed by atoms with van der Waals surface area (Å²) in [6.07, 6.45) is 0. The molecule has 2 rings (SSSR count). The predicted molar refractivity (Wildman–Crippen MR) is 64.9 cm³/mol. The van der Waals surface area contributed by atoms with Crippen molar-refractivity contribution in [1.29, 1.82) is 0 Å². The van der Waals surface area contributed by atoms with Crippen molar-refractivity contribution in [2.45, 2.75) is 26.7 Å². The van der Waals surface area contributed by atoms with Gasteiger partial charge in [0.15, 0.2) is 0 Å². The third-order valence-electron chi connectivity index (χ3n) is 2.65. The number of nitrogens with zero attached hydrogens (tertiary/aromatic N) is 1. The Balaban J connectivity index is 2.82. The molecular weight excluding hydrogens is 203 g/mol. The van der Waals surface area contributed by atoms with Crippen LogP contribution < -0.4 is 5.73 Å². The molecule has 0 spiro atoms. The number of benzene rings is 1. The lowest BCUT2D eigenvalue weighted by atomic mass is 10.0. The monoisotopic (exact) mass is 218 g/mol. The predicted octanol–water partition coefficient (Wildman–Crippen LogP) is 3.39. The third-order valence-corrected chi connectivity index (χ3v) is 2.65. The number of anilines is 1. The Morgan fingerprint density at radius 1 is 1.25 bits per heavy atom. The van der Waals surface area contributed by atoms with Crippen molar-refractivity contribution in [2.75, 3.05) is 5.73 Å². The summed E-state index contributed by atoms with van der Waals surface area (Å²) < 4.78 is 13.8. The number of hydrogen-bond acceptors (Lipinski definition) is 2. The van der Waals surface area contributed by atoms with Gasteiger partial charge in [0, 0.05) is 16.8 Å². The molecule has 0 radical (unpaired) electrons. The number of nitrogens with two attached hydrogens (primary N) is 1. The Labute approximate surface area is 94.3 Å². The molecule has 0 bridgehead atoms. The van der Waals surface area contributed by atoms with E-state index >= 15 is 0 Å². The van der Waals surface area contributed by atoms with E-state index in [1.165, 1.54) is 6.07 Å². The smallest absolute Gasteiger partial charge is 0.149 e. The maximum atomic E-state index is 13.8. The Morgan fingerprint density at radius 2 is 1.94 bits per heavy atom. The molecule has 0 saturated carbocycles. The first-order valence-corrected chi connectivity index (χ1v) is 5.35. The van der Waals surface area contributed by atoms with E-state index in [9.17, 15) is 4.39 Å². The molecule has 0 saturated heterocycles. The van der Waals surface area contributed by atoms with E-state index in [2.05, 4.69) is 4.98 Å². The Kier molecular flexibility index (Phi) is 2.54. The molecule has 0 unspecified atom stereocenters. The van der Waals surface area contributed by atoms with Crippen LogP contribution in [0.4, 0.5) is 10.1 Å². The quantitative estimate of drug-likeness (QED) is 0.796. The molecule has 0 aliphatic heterocycles. The molecule has 2 N–H and O–H groups in total. The van der Waals surface area contributed by atoms with Crippen LogP contribution in [-0.2, 0) is 0 Å². The summed E-state index contributed by atoms with van der Waals surface area (Å²) in [6.45, 7) is 5.87. The zero-order chi connectivity index (χ0) is 11.9. The van der Waals surface area contributed by atoms with Gasteiger partial charge in [0.25, 0.3) is 0 Å². The number of aromatic nitrogens is 1. The zero-order valence-corrected chi connectivity index (χ0v) is 9.71. The zero-order valence-electron chi connectivity index (χ0n) is 9.71. The van der Waals surface area contributed by atoms with Crippen molar-refractivity contribution < 1.29 is 4.39 Å². The minimum absolute atomic E-state index is 0.243. The summed E-state index contributed by atoms with van der Waals surface area (Å²) in [5, 5.41) is 0.696. The average Bonchev–Trinajstić information content (AvgIpc) is 2.19.